The SMILES string of the molecule is CCc1ccccc1OCC(=O)N/N=C/c1ccco1. The molecular formula is C15H16N2O3. The number of benzene rings is 1. The third kappa shape index (κ3) is 3.98. The molecule has 20 heavy (non-hydrogen) atoms. The fourth-order valence-corrected chi connectivity index (χ4v) is 1.64. The maximum atomic E-state index is 11.6. The van der Waals surface area contributed by atoms with Crippen LogP contribution in [0.4, 0.5) is 0 Å². The first-order chi connectivity index (χ1) is 9.79. The lowest BCUT2D eigenvalue weighted by Crippen LogP contribution is -2.24. The number of para-hydroxylation sites is 1. The molecule has 0 atom stereocenters. The molecule has 0 saturated carbocycles. The molecule has 1 N–H and O–H groups in total. The lowest BCUT2D eigenvalue weighted by Gasteiger charge is -2.08. The van der Waals surface area contributed by atoms with Gasteiger partial charge in [-0.25, -0.2) is 5.43 Å². The second kappa shape index (κ2) is 7.13. The molecule has 1 heterocycles. The monoisotopic (exact) mass is 272 g/mol. The number of hydrogen-bond acceptors (Lipinski definition) is 4. The normalized spacial score (nSPS) is 10.7. The van der Waals surface area contributed by atoms with Gasteiger partial charge in [0, 0.05) is 0 Å². The molecule has 0 saturated heterocycles. The van der Waals surface area contributed by atoms with Crippen LogP contribution >= 0.6 is 0 Å². The fraction of sp³-hybridized carbons (Fsp3) is 0.200. The number of carbonyl (C=O) groups is 1. The number of hydrogen-bond donors (Lipinski definition) is 1. The van der Waals surface area contributed by atoms with Gasteiger partial charge in [-0.1, -0.05) is 25.1 Å². The molecule has 0 fully saturated rings. The topological polar surface area (TPSA) is 63.8 Å². The van der Waals surface area contributed by atoms with Crippen LogP contribution in [0.3, 0.4) is 0 Å². The van der Waals surface area contributed by atoms with Gasteiger partial charge in [-0.3, -0.25) is 4.79 Å². The molecule has 0 aliphatic carbocycles. The molecule has 0 unspecified atom stereocenters. The Balaban J connectivity index is 1.80. The Hall–Kier alpha value is -2.56. The van der Waals surface area contributed by atoms with Crippen LogP contribution in [-0.2, 0) is 11.2 Å². The van der Waals surface area contributed by atoms with Crippen molar-refractivity contribution in [2.75, 3.05) is 6.61 Å². The summed E-state index contributed by atoms with van der Waals surface area (Å²) in [6.45, 7) is 1.96. The molecule has 0 radical (unpaired) electrons. The molecule has 2 rings (SSSR count). The van der Waals surface area contributed by atoms with Gasteiger partial charge in [0.15, 0.2) is 6.61 Å². The summed E-state index contributed by atoms with van der Waals surface area (Å²) in [4.78, 5) is 11.6. The number of hydrazone groups is 1. The summed E-state index contributed by atoms with van der Waals surface area (Å²) in [5.41, 5.74) is 3.44. The molecule has 0 spiro atoms. The van der Waals surface area contributed by atoms with E-state index in [2.05, 4.69) is 10.5 Å². The molecule has 0 aliphatic rings. The Labute approximate surface area is 117 Å². The molecule has 2 aromatic rings. The summed E-state index contributed by atoms with van der Waals surface area (Å²) < 4.78 is 10.5. The Morgan fingerprint density at radius 3 is 2.95 bits per heavy atom. The van der Waals surface area contributed by atoms with Crippen LogP contribution in [0.1, 0.15) is 18.2 Å². The maximum Gasteiger partial charge on any atom is 0.277 e. The molecule has 1 amide bonds. The van der Waals surface area contributed by atoms with Crippen LogP contribution in [0.5, 0.6) is 5.75 Å². The van der Waals surface area contributed by atoms with Crippen LogP contribution in [-0.4, -0.2) is 18.7 Å². The third-order valence-electron chi connectivity index (χ3n) is 2.64. The average molecular weight is 272 g/mol. The van der Waals surface area contributed by atoms with Crippen molar-refractivity contribution in [3.05, 3.63) is 54.0 Å². The minimum atomic E-state index is -0.321. The van der Waals surface area contributed by atoms with E-state index in [9.17, 15) is 4.79 Å². The van der Waals surface area contributed by atoms with E-state index in [4.69, 9.17) is 9.15 Å². The Morgan fingerprint density at radius 1 is 1.35 bits per heavy atom. The lowest BCUT2D eigenvalue weighted by molar-refractivity contribution is -0.123. The van der Waals surface area contributed by atoms with Gasteiger partial charge >= 0.3 is 0 Å². The summed E-state index contributed by atoms with van der Waals surface area (Å²) in [5.74, 6) is 0.974. The number of nitrogens with zero attached hydrogens (tertiary/aromatic N) is 1. The predicted octanol–water partition coefficient (Wildman–Crippen LogP) is 2.37. The minimum absolute atomic E-state index is 0.0769. The number of ether oxygens (including phenoxy) is 1. The van der Waals surface area contributed by atoms with Gasteiger partial charge in [-0.05, 0) is 30.2 Å². The van der Waals surface area contributed by atoms with Crippen LogP contribution in [0.2, 0.25) is 0 Å². The Kier molecular flexibility index (Phi) is 4.94. The summed E-state index contributed by atoms with van der Waals surface area (Å²) >= 11 is 0. The number of aryl methyl sites for hydroxylation is 1. The van der Waals surface area contributed by atoms with Crippen LogP contribution in [0.15, 0.2) is 52.2 Å². The highest BCUT2D eigenvalue weighted by Crippen LogP contribution is 2.17. The van der Waals surface area contributed by atoms with Crippen molar-refractivity contribution in [1.29, 1.82) is 0 Å². The summed E-state index contributed by atoms with van der Waals surface area (Å²) in [7, 11) is 0. The molecular weight excluding hydrogens is 256 g/mol. The zero-order valence-corrected chi connectivity index (χ0v) is 11.2. The van der Waals surface area contributed by atoms with Gasteiger partial charge in [0.1, 0.15) is 11.5 Å². The number of rotatable bonds is 6. The second-order valence-electron chi connectivity index (χ2n) is 4.06. The Morgan fingerprint density at radius 2 is 2.20 bits per heavy atom. The van der Waals surface area contributed by atoms with Crippen molar-refractivity contribution in [2.24, 2.45) is 5.10 Å². The van der Waals surface area contributed by atoms with E-state index in [1.807, 2.05) is 31.2 Å². The first-order valence-electron chi connectivity index (χ1n) is 6.35. The lowest BCUT2D eigenvalue weighted by atomic mass is 10.1. The second-order valence-corrected chi connectivity index (χ2v) is 4.06. The van der Waals surface area contributed by atoms with E-state index in [0.717, 1.165) is 17.7 Å². The minimum Gasteiger partial charge on any atom is -0.483 e. The number of carbonyl (C=O) groups excluding carboxylic acids is 1. The summed E-state index contributed by atoms with van der Waals surface area (Å²) in [6, 6.07) is 11.1. The fourth-order valence-electron chi connectivity index (χ4n) is 1.64. The third-order valence-corrected chi connectivity index (χ3v) is 2.64. The molecule has 0 aliphatic heterocycles. The first kappa shape index (κ1) is 13.9. The van der Waals surface area contributed by atoms with E-state index in [1.165, 1.54) is 12.5 Å². The van der Waals surface area contributed by atoms with E-state index in [1.54, 1.807) is 12.1 Å². The zero-order chi connectivity index (χ0) is 14.2. The van der Waals surface area contributed by atoms with Crippen LogP contribution < -0.4 is 10.2 Å². The zero-order valence-electron chi connectivity index (χ0n) is 11.2. The van der Waals surface area contributed by atoms with Crippen LogP contribution in [0.25, 0.3) is 0 Å². The van der Waals surface area contributed by atoms with Crippen molar-refractivity contribution in [2.45, 2.75) is 13.3 Å². The van der Waals surface area contributed by atoms with Gasteiger partial charge in [0.2, 0.25) is 0 Å². The first-order valence-corrected chi connectivity index (χ1v) is 6.35. The van der Waals surface area contributed by atoms with E-state index < -0.39 is 0 Å². The predicted molar refractivity (Wildman–Crippen MR) is 75.8 cm³/mol. The smallest absolute Gasteiger partial charge is 0.277 e. The van der Waals surface area contributed by atoms with Gasteiger partial charge in [0.05, 0.1) is 12.5 Å². The summed E-state index contributed by atoms with van der Waals surface area (Å²) in [6.07, 6.45) is 3.82. The quantitative estimate of drug-likeness (QED) is 0.648. The van der Waals surface area contributed by atoms with Crippen molar-refractivity contribution in [3.8, 4) is 5.75 Å². The van der Waals surface area contributed by atoms with Gasteiger partial charge in [-0.15, -0.1) is 0 Å². The standard InChI is InChI=1S/C15H16N2O3/c1-2-12-6-3-4-8-14(12)20-11-15(18)17-16-10-13-7-5-9-19-13/h3-10H,2,11H2,1H3,(H,17,18)/b16-10+. The molecule has 1 aromatic carbocycles. The Bertz CT molecular complexity index is 577. The van der Waals surface area contributed by atoms with Crippen molar-refractivity contribution in [3.63, 3.8) is 0 Å². The molecule has 1 aromatic heterocycles. The molecule has 104 valence electrons. The molecule has 5 nitrogen and oxygen atoms in total. The van der Waals surface area contributed by atoms with E-state index in [0.29, 0.717) is 5.76 Å². The summed E-state index contributed by atoms with van der Waals surface area (Å²) in [5, 5.41) is 3.77. The van der Waals surface area contributed by atoms with Crippen molar-refractivity contribution >= 4 is 12.1 Å². The van der Waals surface area contributed by atoms with Crippen LogP contribution in [0, 0.1) is 0 Å². The number of nitrogens with one attached hydrogen (secondary N) is 1. The highest BCUT2D eigenvalue weighted by molar-refractivity contribution is 5.81. The largest absolute Gasteiger partial charge is 0.483 e. The molecule has 0 bridgehead atoms. The molecule has 5 heteroatoms. The highest BCUT2D eigenvalue weighted by Gasteiger charge is 2.04. The van der Waals surface area contributed by atoms with E-state index >= 15 is 0 Å². The number of amides is 1. The van der Waals surface area contributed by atoms with E-state index in [-0.39, 0.29) is 12.5 Å². The van der Waals surface area contributed by atoms with Gasteiger partial charge in [0.25, 0.3) is 5.91 Å². The number of furan rings is 1. The van der Waals surface area contributed by atoms with Crippen molar-refractivity contribution in [1.82, 2.24) is 5.43 Å². The van der Waals surface area contributed by atoms with Gasteiger partial charge in [-0.2, -0.15) is 5.10 Å². The maximum absolute atomic E-state index is 11.6. The van der Waals surface area contributed by atoms with Gasteiger partial charge < -0.3 is 9.15 Å². The average Bonchev–Trinajstić information content (AvgIpc) is 2.98. The van der Waals surface area contributed by atoms with Crippen molar-refractivity contribution < 1.29 is 13.9 Å². The highest BCUT2D eigenvalue weighted by atomic mass is 16.5.